The molecule has 0 aromatic heterocycles. The number of aliphatic carboxylic acids is 1. The predicted molar refractivity (Wildman–Crippen MR) is 119 cm³/mol. The van der Waals surface area contributed by atoms with Gasteiger partial charge in [-0.2, -0.15) is 0 Å². The Bertz CT molecular complexity index is 984. The number of carboxylic acid groups (broad SMARTS) is 1. The van der Waals surface area contributed by atoms with Crippen molar-refractivity contribution in [2.45, 2.75) is 18.0 Å². The SMILES string of the molecule is COCC(NC(=O)OCC1c2ccccc2-c2ccccc21)C(=O)N1CSCC1C(=O)O. The summed E-state index contributed by atoms with van der Waals surface area (Å²) >= 11 is 1.35. The Morgan fingerprint density at radius 2 is 1.75 bits per heavy atom. The molecule has 0 bridgehead atoms. The fourth-order valence-electron chi connectivity index (χ4n) is 4.19. The lowest BCUT2D eigenvalue weighted by molar-refractivity contribution is -0.149. The number of benzene rings is 2. The number of rotatable bonds is 7. The molecule has 4 rings (SSSR count). The van der Waals surface area contributed by atoms with Gasteiger partial charge >= 0.3 is 12.1 Å². The number of amides is 2. The summed E-state index contributed by atoms with van der Waals surface area (Å²) in [6.07, 6.45) is -0.749. The average Bonchev–Trinajstić information content (AvgIpc) is 3.40. The van der Waals surface area contributed by atoms with Gasteiger partial charge in [0.05, 0.1) is 12.5 Å². The van der Waals surface area contributed by atoms with Crippen LogP contribution in [0.15, 0.2) is 48.5 Å². The van der Waals surface area contributed by atoms with Crippen molar-refractivity contribution in [3.05, 3.63) is 59.7 Å². The van der Waals surface area contributed by atoms with Crippen molar-refractivity contribution in [2.75, 3.05) is 32.0 Å². The average molecular weight is 457 g/mol. The summed E-state index contributed by atoms with van der Waals surface area (Å²) in [6, 6.07) is 14.1. The van der Waals surface area contributed by atoms with Crippen molar-refractivity contribution in [1.82, 2.24) is 10.2 Å². The molecular formula is C23H24N2O6S. The van der Waals surface area contributed by atoms with Crippen molar-refractivity contribution in [3.8, 4) is 11.1 Å². The zero-order valence-corrected chi connectivity index (χ0v) is 18.3. The highest BCUT2D eigenvalue weighted by atomic mass is 32.2. The standard InChI is InChI=1S/C23H24N2O6S/c1-30-11-19(21(26)25-13-32-12-20(25)22(27)28)24-23(29)31-10-18-16-8-4-2-6-14(16)15-7-3-5-9-17(15)18/h2-9,18-20H,10-13H2,1H3,(H,24,29)(H,27,28). The molecule has 2 amide bonds. The summed E-state index contributed by atoms with van der Waals surface area (Å²) < 4.78 is 10.6. The molecule has 2 unspecified atom stereocenters. The lowest BCUT2D eigenvalue weighted by atomic mass is 9.98. The van der Waals surface area contributed by atoms with Gasteiger partial charge in [-0.25, -0.2) is 9.59 Å². The number of hydrogen-bond donors (Lipinski definition) is 2. The summed E-state index contributed by atoms with van der Waals surface area (Å²) in [4.78, 5) is 38.1. The van der Waals surface area contributed by atoms with Crippen LogP contribution in [0.2, 0.25) is 0 Å². The number of thioether (sulfide) groups is 1. The summed E-state index contributed by atoms with van der Waals surface area (Å²) in [5.74, 6) is -1.11. The van der Waals surface area contributed by atoms with Crippen molar-refractivity contribution >= 4 is 29.7 Å². The van der Waals surface area contributed by atoms with E-state index < -0.39 is 30.1 Å². The third-order valence-corrected chi connectivity index (χ3v) is 6.73. The fourth-order valence-corrected chi connectivity index (χ4v) is 5.34. The molecule has 0 radical (unpaired) electrons. The number of fused-ring (bicyclic) bond motifs is 3. The van der Waals surface area contributed by atoms with Gasteiger partial charge in [0, 0.05) is 18.8 Å². The molecule has 1 aliphatic carbocycles. The number of ether oxygens (including phenoxy) is 2. The van der Waals surface area contributed by atoms with Gasteiger partial charge in [-0.3, -0.25) is 4.79 Å². The third-order valence-electron chi connectivity index (χ3n) is 5.72. The number of carboxylic acids is 1. The van der Waals surface area contributed by atoms with Gasteiger partial charge in [-0.15, -0.1) is 11.8 Å². The summed E-state index contributed by atoms with van der Waals surface area (Å²) in [5.41, 5.74) is 4.42. The van der Waals surface area contributed by atoms with Crippen LogP contribution in [0.5, 0.6) is 0 Å². The Labute approximate surface area is 189 Å². The molecule has 1 heterocycles. The van der Waals surface area contributed by atoms with Gasteiger partial charge in [0.1, 0.15) is 18.7 Å². The molecule has 1 saturated heterocycles. The van der Waals surface area contributed by atoms with Crippen LogP contribution >= 0.6 is 11.8 Å². The predicted octanol–water partition coefficient (Wildman–Crippen LogP) is 2.53. The fraction of sp³-hybridized carbons (Fsp3) is 0.348. The van der Waals surface area contributed by atoms with E-state index in [9.17, 15) is 19.5 Å². The van der Waals surface area contributed by atoms with Crippen molar-refractivity contribution in [3.63, 3.8) is 0 Å². The first-order valence-corrected chi connectivity index (χ1v) is 11.4. The quantitative estimate of drug-likeness (QED) is 0.660. The minimum absolute atomic E-state index is 0.0868. The van der Waals surface area contributed by atoms with Crippen LogP contribution in [0.25, 0.3) is 11.1 Å². The smallest absolute Gasteiger partial charge is 0.407 e. The maximum absolute atomic E-state index is 12.9. The highest BCUT2D eigenvalue weighted by molar-refractivity contribution is 7.99. The molecule has 2 atom stereocenters. The molecular weight excluding hydrogens is 432 g/mol. The third kappa shape index (κ3) is 4.31. The van der Waals surface area contributed by atoms with E-state index in [1.165, 1.54) is 23.8 Å². The molecule has 0 spiro atoms. The molecule has 1 fully saturated rings. The molecule has 2 aromatic carbocycles. The minimum Gasteiger partial charge on any atom is -0.480 e. The Morgan fingerprint density at radius 1 is 1.12 bits per heavy atom. The first-order valence-electron chi connectivity index (χ1n) is 10.2. The number of hydrogen-bond acceptors (Lipinski definition) is 6. The summed E-state index contributed by atoms with van der Waals surface area (Å²) in [6.45, 7) is 0.0294. The second-order valence-corrected chi connectivity index (χ2v) is 8.64. The zero-order chi connectivity index (χ0) is 22.7. The maximum atomic E-state index is 12.9. The van der Waals surface area contributed by atoms with E-state index in [0.29, 0.717) is 5.75 Å². The van der Waals surface area contributed by atoms with E-state index in [2.05, 4.69) is 17.4 Å². The molecule has 9 heteroatoms. The topological polar surface area (TPSA) is 105 Å². The van der Waals surface area contributed by atoms with E-state index in [1.807, 2.05) is 36.4 Å². The number of alkyl carbamates (subject to hydrolysis) is 1. The van der Waals surface area contributed by atoms with Crippen molar-refractivity contribution in [1.29, 1.82) is 0 Å². The number of nitrogens with one attached hydrogen (secondary N) is 1. The Morgan fingerprint density at radius 3 is 2.34 bits per heavy atom. The number of carbonyl (C=O) groups excluding carboxylic acids is 2. The minimum atomic E-state index is -1.07. The van der Waals surface area contributed by atoms with Crippen LogP contribution in [0.1, 0.15) is 17.0 Å². The van der Waals surface area contributed by atoms with E-state index in [1.54, 1.807) is 0 Å². The van der Waals surface area contributed by atoms with Crippen LogP contribution in [-0.4, -0.2) is 72.0 Å². The lowest BCUT2D eigenvalue weighted by Crippen LogP contribution is -2.54. The van der Waals surface area contributed by atoms with Crippen LogP contribution in [0.3, 0.4) is 0 Å². The molecule has 32 heavy (non-hydrogen) atoms. The lowest BCUT2D eigenvalue weighted by Gasteiger charge is -2.26. The van der Waals surface area contributed by atoms with E-state index in [-0.39, 0.29) is 25.0 Å². The largest absolute Gasteiger partial charge is 0.480 e. The van der Waals surface area contributed by atoms with Gasteiger partial charge < -0.3 is 24.8 Å². The summed E-state index contributed by atoms with van der Waals surface area (Å²) in [5, 5.41) is 11.9. The van der Waals surface area contributed by atoms with Gasteiger partial charge in [0.25, 0.3) is 0 Å². The molecule has 168 valence electrons. The second-order valence-electron chi connectivity index (χ2n) is 7.64. The zero-order valence-electron chi connectivity index (χ0n) is 17.5. The van der Waals surface area contributed by atoms with Gasteiger partial charge in [-0.1, -0.05) is 48.5 Å². The highest BCUT2D eigenvalue weighted by Crippen LogP contribution is 2.44. The number of methoxy groups -OCH3 is 1. The first kappa shape index (κ1) is 22.2. The van der Waals surface area contributed by atoms with E-state index in [0.717, 1.165) is 22.3 Å². The van der Waals surface area contributed by atoms with Crippen LogP contribution < -0.4 is 5.32 Å². The van der Waals surface area contributed by atoms with Gasteiger partial charge in [0.15, 0.2) is 0 Å². The monoisotopic (exact) mass is 456 g/mol. The highest BCUT2D eigenvalue weighted by Gasteiger charge is 2.38. The van der Waals surface area contributed by atoms with Crippen LogP contribution in [0, 0.1) is 0 Å². The molecule has 1 aliphatic heterocycles. The van der Waals surface area contributed by atoms with E-state index in [4.69, 9.17) is 9.47 Å². The first-order chi connectivity index (χ1) is 15.5. The van der Waals surface area contributed by atoms with E-state index >= 15 is 0 Å². The molecule has 8 nitrogen and oxygen atoms in total. The molecule has 2 aliphatic rings. The Balaban J connectivity index is 1.42. The van der Waals surface area contributed by atoms with Crippen LogP contribution in [-0.2, 0) is 19.1 Å². The Kier molecular flexibility index (Phi) is 6.66. The Hall–Kier alpha value is -3.04. The van der Waals surface area contributed by atoms with Crippen molar-refractivity contribution in [2.24, 2.45) is 0 Å². The number of carbonyl (C=O) groups is 3. The van der Waals surface area contributed by atoms with Gasteiger partial charge in [-0.05, 0) is 22.3 Å². The van der Waals surface area contributed by atoms with Crippen molar-refractivity contribution < 1.29 is 29.0 Å². The summed E-state index contributed by atoms with van der Waals surface area (Å²) in [7, 11) is 1.41. The maximum Gasteiger partial charge on any atom is 0.407 e. The molecule has 0 saturated carbocycles. The number of nitrogens with zero attached hydrogens (tertiary/aromatic N) is 1. The second kappa shape index (κ2) is 9.62. The molecule has 2 N–H and O–H groups in total. The molecule has 2 aromatic rings. The van der Waals surface area contributed by atoms with Gasteiger partial charge in [0.2, 0.25) is 5.91 Å². The van der Waals surface area contributed by atoms with Crippen LogP contribution in [0.4, 0.5) is 4.79 Å². The normalized spacial score (nSPS) is 18.0.